The maximum absolute atomic E-state index is 13.3. The summed E-state index contributed by atoms with van der Waals surface area (Å²) in [5.41, 5.74) is 0.890. The van der Waals surface area contributed by atoms with Crippen molar-refractivity contribution in [1.29, 1.82) is 0 Å². The zero-order valence-electron chi connectivity index (χ0n) is 12.1. The Labute approximate surface area is 131 Å². The first-order valence-electron chi connectivity index (χ1n) is 7.16. The molecule has 2 rings (SSSR count). The minimum atomic E-state index is -3.13. The molecule has 1 saturated heterocycles. The zero-order chi connectivity index (χ0) is 15.5. The summed E-state index contributed by atoms with van der Waals surface area (Å²) in [6.07, 6.45) is 3.91. The molecule has 1 aromatic rings. The molecule has 0 saturated carbocycles. The van der Waals surface area contributed by atoms with E-state index in [1.165, 1.54) is 22.7 Å². The van der Waals surface area contributed by atoms with Gasteiger partial charge in [0.15, 0.2) is 0 Å². The fraction of sp³-hybridized carbons (Fsp3) is 0.600. The molecule has 0 aromatic heterocycles. The number of hydrogen-bond donors (Lipinski definition) is 0. The molecular formula is C15H21ClFNO2S. The molecule has 2 atom stereocenters. The number of benzene rings is 1. The van der Waals surface area contributed by atoms with Crippen LogP contribution in [0.4, 0.5) is 4.39 Å². The molecule has 3 nitrogen and oxygen atoms in total. The van der Waals surface area contributed by atoms with Crippen molar-refractivity contribution in [2.75, 3.05) is 25.2 Å². The first-order chi connectivity index (χ1) is 9.90. The van der Waals surface area contributed by atoms with Gasteiger partial charge in [0.05, 0.1) is 6.26 Å². The SMILES string of the molecule is CS(=O)(=O)N1CCCC(CC(CCl)c2cccc(F)c2)C1. The fourth-order valence-electron chi connectivity index (χ4n) is 2.97. The number of nitrogens with zero attached hydrogens (tertiary/aromatic N) is 1. The van der Waals surface area contributed by atoms with E-state index in [1.54, 1.807) is 6.07 Å². The summed E-state index contributed by atoms with van der Waals surface area (Å²) in [5, 5.41) is 0. The Morgan fingerprint density at radius 3 is 2.86 bits per heavy atom. The first kappa shape index (κ1) is 16.7. The molecule has 1 aliphatic heterocycles. The molecule has 1 aliphatic rings. The van der Waals surface area contributed by atoms with Gasteiger partial charge in [0.1, 0.15) is 5.82 Å². The molecule has 1 heterocycles. The van der Waals surface area contributed by atoms with Crippen molar-refractivity contribution < 1.29 is 12.8 Å². The Kier molecular flexibility index (Phi) is 5.63. The minimum absolute atomic E-state index is 0.0619. The molecule has 118 valence electrons. The Balaban J connectivity index is 2.05. The van der Waals surface area contributed by atoms with Crippen molar-refractivity contribution in [2.45, 2.75) is 25.2 Å². The molecule has 21 heavy (non-hydrogen) atoms. The second-order valence-corrected chi connectivity index (χ2v) is 8.06. The minimum Gasteiger partial charge on any atom is -0.213 e. The van der Waals surface area contributed by atoms with E-state index in [-0.39, 0.29) is 17.7 Å². The third-order valence-corrected chi connectivity index (χ3v) is 5.72. The molecule has 0 radical (unpaired) electrons. The lowest BCUT2D eigenvalue weighted by molar-refractivity contribution is 0.249. The highest BCUT2D eigenvalue weighted by Gasteiger charge is 2.28. The largest absolute Gasteiger partial charge is 0.213 e. The van der Waals surface area contributed by atoms with Gasteiger partial charge < -0.3 is 0 Å². The second-order valence-electron chi connectivity index (χ2n) is 5.77. The standard InChI is InChI=1S/C15H21ClFNO2S/c1-21(19,20)18-7-3-4-12(11-18)8-14(10-16)13-5-2-6-15(17)9-13/h2,5-6,9,12,14H,3-4,7-8,10-11H2,1H3. The van der Waals surface area contributed by atoms with Gasteiger partial charge in [-0.3, -0.25) is 0 Å². The van der Waals surface area contributed by atoms with Gasteiger partial charge >= 0.3 is 0 Å². The van der Waals surface area contributed by atoms with Gasteiger partial charge in [-0.2, -0.15) is 0 Å². The highest BCUT2D eigenvalue weighted by atomic mass is 35.5. The number of rotatable bonds is 5. The van der Waals surface area contributed by atoms with Gasteiger partial charge in [0.2, 0.25) is 10.0 Å². The molecule has 1 aromatic carbocycles. The predicted octanol–water partition coefficient (Wildman–Crippen LogP) is 3.21. The highest BCUT2D eigenvalue weighted by Crippen LogP contribution is 2.31. The van der Waals surface area contributed by atoms with Crippen LogP contribution in [-0.2, 0) is 10.0 Å². The monoisotopic (exact) mass is 333 g/mol. The zero-order valence-corrected chi connectivity index (χ0v) is 13.7. The number of sulfonamides is 1. The van der Waals surface area contributed by atoms with E-state index >= 15 is 0 Å². The Morgan fingerprint density at radius 2 is 2.24 bits per heavy atom. The second kappa shape index (κ2) is 7.07. The molecule has 6 heteroatoms. The van der Waals surface area contributed by atoms with E-state index in [9.17, 15) is 12.8 Å². The average Bonchev–Trinajstić information content (AvgIpc) is 2.44. The number of alkyl halides is 1. The normalized spacial score (nSPS) is 22.1. The van der Waals surface area contributed by atoms with E-state index in [0.29, 0.717) is 19.0 Å². The third kappa shape index (κ3) is 4.66. The van der Waals surface area contributed by atoms with E-state index in [2.05, 4.69) is 0 Å². The quantitative estimate of drug-likeness (QED) is 0.776. The van der Waals surface area contributed by atoms with Gasteiger partial charge in [-0.05, 0) is 48.8 Å². The summed E-state index contributed by atoms with van der Waals surface area (Å²) in [4.78, 5) is 0. The van der Waals surface area contributed by atoms with Crippen molar-refractivity contribution in [3.8, 4) is 0 Å². The summed E-state index contributed by atoms with van der Waals surface area (Å²) < 4.78 is 38.2. The average molecular weight is 334 g/mol. The van der Waals surface area contributed by atoms with Crippen LogP contribution in [0.3, 0.4) is 0 Å². The van der Waals surface area contributed by atoms with Crippen LogP contribution in [0.25, 0.3) is 0 Å². The molecule has 0 N–H and O–H groups in total. The Hall–Kier alpha value is -0.650. The van der Waals surface area contributed by atoms with Gasteiger partial charge in [-0.1, -0.05) is 12.1 Å². The molecule has 0 aliphatic carbocycles. The van der Waals surface area contributed by atoms with Gasteiger partial charge in [-0.15, -0.1) is 11.6 Å². The van der Waals surface area contributed by atoms with E-state index < -0.39 is 10.0 Å². The van der Waals surface area contributed by atoms with E-state index in [4.69, 9.17) is 11.6 Å². The summed E-state index contributed by atoms with van der Waals surface area (Å²) in [5.74, 6) is 0.495. The van der Waals surface area contributed by atoms with Gasteiger partial charge in [0.25, 0.3) is 0 Å². The van der Waals surface area contributed by atoms with Crippen LogP contribution in [0.15, 0.2) is 24.3 Å². The van der Waals surface area contributed by atoms with Crippen LogP contribution < -0.4 is 0 Å². The molecule has 1 fully saturated rings. The molecule has 0 bridgehead atoms. The summed E-state index contributed by atoms with van der Waals surface area (Å²) in [6.45, 7) is 1.14. The molecular weight excluding hydrogens is 313 g/mol. The van der Waals surface area contributed by atoms with Crippen molar-refractivity contribution >= 4 is 21.6 Å². The fourth-order valence-corrected chi connectivity index (χ4v) is 4.22. The van der Waals surface area contributed by atoms with E-state index in [0.717, 1.165) is 24.8 Å². The van der Waals surface area contributed by atoms with Crippen LogP contribution in [0.2, 0.25) is 0 Å². The van der Waals surface area contributed by atoms with E-state index in [1.807, 2.05) is 6.07 Å². The maximum atomic E-state index is 13.3. The number of halogens is 2. The van der Waals surface area contributed by atoms with Gasteiger partial charge in [0, 0.05) is 19.0 Å². The molecule has 0 spiro atoms. The molecule has 0 amide bonds. The lowest BCUT2D eigenvalue weighted by Crippen LogP contribution is -2.39. The smallest absolute Gasteiger partial charge is 0.211 e. The summed E-state index contributed by atoms with van der Waals surface area (Å²) in [6, 6.07) is 6.51. The first-order valence-corrected chi connectivity index (χ1v) is 9.55. The van der Waals surface area contributed by atoms with Crippen LogP contribution in [0.5, 0.6) is 0 Å². The Bertz CT molecular complexity index is 579. The highest BCUT2D eigenvalue weighted by molar-refractivity contribution is 7.88. The predicted molar refractivity (Wildman–Crippen MR) is 83.6 cm³/mol. The van der Waals surface area contributed by atoms with Gasteiger partial charge in [-0.25, -0.2) is 17.1 Å². The summed E-state index contributed by atoms with van der Waals surface area (Å²) >= 11 is 6.05. The number of piperidine rings is 1. The lowest BCUT2D eigenvalue weighted by atomic mass is 9.86. The topological polar surface area (TPSA) is 37.4 Å². The van der Waals surface area contributed by atoms with Crippen LogP contribution in [-0.4, -0.2) is 37.9 Å². The lowest BCUT2D eigenvalue weighted by Gasteiger charge is -2.32. The maximum Gasteiger partial charge on any atom is 0.211 e. The van der Waals surface area contributed by atoms with Crippen LogP contribution >= 0.6 is 11.6 Å². The van der Waals surface area contributed by atoms with Crippen LogP contribution in [0.1, 0.15) is 30.7 Å². The molecule has 2 unspecified atom stereocenters. The van der Waals surface area contributed by atoms with Crippen LogP contribution in [0, 0.1) is 11.7 Å². The number of hydrogen-bond acceptors (Lipinski definition) is 2. The van der Waals surface area contributed by atoms with Crippen molar-refractivity contribution in [1.82, 2.24) is 4.31 Å². The van der Waals surface area contributed by atoms with Crippen molar-refractivity contribution in [3.63, 3.8) is 0 Å². The van der Waals surface area contributed by atoms with Crippen molar-refractivity contribution in [2.24, 2.45) is 5.92 Å². The third-order valence-electron chi connectivity index (χ3n) is 4.07. The van der Waals surface area contributed by atoms with Crippen molar-refractivity contribution in [3.05, 3.63) is 35.6 Å². The Morgan fingerprint density at radius 1 is 1.48 bits per heavy atom. The summed E-state index contributed by atoms with van der Waals surface area (Å²) in [7, 11) is -3.13.